The number of rotatable bonds is 10. The van der Waals surface area contributed by atoms with Gasteiger partial charge in [0.1, 0.15) is 11.8 Å². The van der Waals surface area contributed by atoms with Crippen LogP contribution < -0.4 is 10.1 Å². The summed E-state index contributed by atoms with van der Waals surface area (Å²) in [6.45, 7) is 4.80. The van der Waals surface area contributed by atoms with Crippen LogP contribution in [0, 0.1) is 0 Å². The fourth-order valence-electron chi connectivity index (χ4n) is 3.86. The third kappa shape index (κ3) is 7.32. The average molecular weight is 531 g/mol. The van der Waals surface area contributed by atoms with Crippen molar-refractivity contribution in [3.05, 3.63) is 64.1 Å². The summed E-state index contributed by atoms with van der Waals surface area (Å²) >= 11 is 3.46. The molecule has 0 saturated carbocycles. The van der Waals surface area contributed by atoms with E-state index < -0.39 is 12.0 Å². The van der Waals surface area contributed by atoms with Crippen molar-refractivity contribution in [3.63, 3.8) is 0 Å². The molecule has 1 heterocycles. The van der Waals surface area contributed by atoms with Crippen LogP contribution in [0.2, 0.25) is 0 Å². The Balaban J connectivity index is 1.53. The molecule has 1 aliphatic heterocycles. The lowest BCUT2D eigenvalue weighted by Gasteiger charge is -2.34. The number of carbonyl (C=O) groups is 3. The van der Waals surface area contributed by atoms with Crippen molar-refractivity contribution in [1.29, 1.82) is 0 Å². The Kier molecular flexibility index (Phi) is 9.51. The van der Waals surface area contributed by atoms with Crippen LogP contribution in [0.4, 0.5) is 0 Å². The molecule has 0 radical (unpaired) electrons. The summed E-state index contributed by atoms with van der Waals surface area (Å²) in [6.07, 6.45) is 1.31. The molecular formula is C26H31BrN2O5. The van der Waals surface area contributed by atoms with E-state index in [1.54, 1.807) is 0 Å². The van der Waals surface area contributed by atoms with Crippen LogP contribution in [-0.2, 0) is 25.5 Å². The topological polar surface area (TPSA) is 84.9 Å². The number of piperazine rings is 1. The van der Waals surface area contributed by atoms with E-state index in [0.29, 0.717) is 25.3 Å². The van der Waals surface area contributed by atoms with Gasteiger partial charge in [0.15, 0.2) is 6.61 Å². The SMILES string of the molecule is CC(C)c1cc(Br)ccc1OCC(=O)N1CCNC(=O)C1CC(=O)OCCCc1ccccc1. The van der Waals surface area contributed by atoms with E-state index in [2.05, 4.69) is 21.2 Å². The molecule has 8 heteroatoms. The highest BCUT2D eigenvalue weighted by atomic mass is 79.9. The van der Waals surface area contributed by atoms with Crippen molar-refractivity contribution in [3.8, 4) is 5.75 Å². The van der Waals surface area contributed by atoms with Crippen molar-refractivity contribution in [1.82, 2.24) is 10.2 Å². The number of hydrogen-bond acceptors (Lipinski definition) is 5. The molecule has 2 amide bonds. The molecule has 0 bridgehead atoms. The van der Waals surface area contributed by atoms with E-state index in [-0.39, 0.29) is 37.4 Å². The average Bonchev–Trinajstić information content (AvgIpc) is 2.82. The summed E-state index contributed by atoms with van der Waals surface area (Å²) in [5.41, 5.74) is 2.16. The van der Waals surface area contributed by atoms with Gasteiger partial charge in [-0.2, -0.15) is 0 Å². The zero-order valence-corrected chi connectivity index (χ0v) is 21.2. The molecule has 1 fully saturated rings. The first-order valence-corrected chi connectivity index (χ1v) is 12.3. The number of nitrogens with zero attached hydrogens (tertiary/aromatic N) is 1. The number of nitrogens with one attached hydrogen (secondary N) is 1. The first-order valence-electron chi connectivity index (χ1n) is 11.5. The molecule has 34 heavy (non-hydrogen) atoms. The first-order chi connectivity index (χ1) is 16.3. The lowest BCUT2D eigenvalue weighted by atomic mass is 10.0. The largest absolute Gasteiger partial charge is 0.483 e. The minimum absolute atomic E-state index is 0.182. The highest BCUT2D eigenvalue weighted by Crippen LogP contribution is 2.29. The lowest BCUT2D eigenvalue weighted by molar-refractivity contribution is -0.152. The van der Waals surface area contributed by atoms with Crippen LogP contribution in [0.3, 0.4) is 0 Å². The van der Waals surface area contributed by atoms with E-state index in [4.69, 9.17) is 9.47 Å². The predicted molar refractivity (Wildman–Crippen MR) is 133 cm³/mol. The van der Waals surface area contributed by atoms with Crippen molar-refractivity contribution in [2.24, 2.45) is 0 Å². The van der Waals surface area contributed by atoms with Gasteiger partial charge in [0.25, 0.3) is 5.91 Å². The molecule has 7 nitrogen and oxygen atoms in total. The molecule has 3 rings (SSSR count). The number of ether oxygens (including phenoxy) is 2. The van der Waals surface area contributed by atoms with Gasteiger partial charge in [0.2, 0.25) is 5.91 Å². The van der Waals surface area contributed by atoms with Crippen LogP contribution in [0.25, 0.3) is 0 Å². The molecule has 1 atom stereocenters. The number of esters is 1. The smallest absolute Gasteiger partial charge is 0.308 e. The number of aryl methyl sites for hydroxylation is 1. The van der Waals surface area contributed by atoms with Gasteiger partial charge < -0.3 is 19.7 Å². The Morgan fingerprint density at radius 3 is 2.68 bits per heavy atom. The molecule has 0 aromatic heterocycles. The number of hydrogen-bond donors (Lipinski definition) is 1. The molecule has 1 unspecified atom stereocenters. The Hall–Kier alpha value is -2.87. The quantitative estimate of drug-likeness (QED) is 0.372. The van der Waals surface area contributed by atoms with Gasteiger partial charge in [-0.15, -0.1) is 0 Å². The summed E-state index contributed by atoms with van der Waals surface area (Å²) in [5, 5.41) is 2.73. The Morgan fingerprint density at radius 1 is 1.18 bits per heavy atom. The Labute approximate surface area is 208 Å². The molecule has 1 aliphatic rings. The predicted octanol–water partition coefficient (Wildman–Crippen LogP) is 3.84. The van der Waals surface area contributed by atoms with Gasteiger partial charge in [-0.05, 0) is 48.1 Å². The number of halogens is 1. The van der Waals surface area contributed by atoms with Gasteiger partial charge >= 0.3 is 5.97 Å². The number of carbonyl (C=O) groups excluding carboxylic acids is 3. The van der Waals surface area contributed by atoms with Gasteiger partial charge in [-0.25, -0.2) is 0 Å². The third-order valence-corrected chi connectivity index (χ3v) is 6.17. The minimum Gasteiger partial charge on any atom is -0.483 e. The normalized spacial score (nSPS) is 15.7. The highest BCUT2D eigenvalue weighted by Gasteiger charge is 2.35. The van der Waals surface area contributed by atoms with E-state index in [9.17, 15) is 14.4 Å². The Morgan fingerprint density at radius 2 is 1.94 bits per heavy atom. The second-order valence-electron chi connectivity index (χ2n) is 8.53. The van der Waals surface area contributed by atoms with Crippen LogP contribution >= 0.6 is 15.9 Å². The van der Waals surface area contributed by atoms with E-state index in [0.717, 1.165) is 16.5 Å². The molecule has 1 N–H and O–H groups in total. The van der Waals surface area contributed by atoms with E-state index in [1.165, 1.54) is 10.5 Å². The van der Waals surface area contributed by atoms with E-state index in [1.807, 2.05) is 62.4 Å². The second-order valence-corrected chi connectivity index (χ2v) is 9.45. The molecule has 1 saturated heterocycles. The first kappa shape index (κ1) is 25.7. The van der Waals surface area contributed by atoms with Crippen molar-refractivity contribution < 1.29 is 23.9 Å². The van der Waals surface area contributed by atoms with Crippen molar-refractivity contribution in [2.45, 2.75) is 45.1 Å². The molecule has 2 aromatic rings. The van der Waals surface area contributed by atoms with Crippen molar-refractivity contribution >= 4 is 33.7 Å². The maximum Gasteiger partial charge on any atom is 0.308 e. The fourth-order valence-corrected chi connectivity index (χ4v) is 4.24. The van der Waals surface area contributed by atoms with E-state index >= 15 is 0 Å². The third-order valence-electron chi connectivity index (χ3n) is 5.67. The van der Waals surface area contributed by atoms with Crippen LogP contribution in [0.15, 0.2) is 53.0 Å². The van der Waals surface area contributed by atoms with Crippen molar-refractivity contribution in [2.75, 3.05) is 26.3 Å². The number of amides is 2. The molecule has 182 valence electrons. The summed E-state index contributed by atoms with van der Waals surface area (Å²) in [6, 6.07) is 14.7. The van der Waals surface area contributed by atoms with Gasteiger partial charge in [-0.1, -0.05) is 60.1 Å². The van der Waals surface area contributed by atoms with Crippen LogP contribution in [0.5, 0.6) is 5.75 Å². The van der Waals surface area contributed by atoms with Gasteiger partial charge in [-0.3, -0.25) is 14.4 Å². The monoisotopic (exact) mass is 530 g/mol. The summed E-state index contributed by atoms with van der Waals surface area (Å²) < 4.78 is 12.1. The van der Waals surface area contributed by atoms with Crippen LogP contribution in [-0.4, -0.2) is 55.0 Å². The maximum atomic E-state index is 12.9. The Bertz CT molecular complexity index is 996. The molecule has 0 spiro atoms. The summed E-state index contributed by atoms with van der Waals surface area (Å²) in [7, 11) is 0. The van der Waals surface area contributed by atoms with Gasteiger partial charge in [0, 0.05) is 17.6 Å². The molecule has 0 aliphatic carbocycles. The van der Waals surface area contributed by atoms with Gasteiger partial charge in [0.05, 0.1) is 13.0 Å². The number of benzene rings is 2. The minimum atomic E-state index is -0.902. The fraction of sp³-hybridized carbons (Fsp3) is 0.423. The molecule has 2 aromatic carbocycles. The van der Waals surface area contributed by atoms with Crippen LogP contribution in [0.1, 0.15) is 43.7 Å². The second kappa shape index (κ2) is 12.6. The highest BCUT2D eigenvalue weighted by molar-refractivity contribution is 9.10. The zero-order chi connectivity index (χ0) is 24.5. The lowest BCUT2D eigenvalue weighted by Crippen LogP contribution is -2.58. The zero-order valence-electron chi connectivity index (χ0n) is 19.6. The maximum absolute atomic E-state index is 12.9. The standard InChI is InChI=1S/C26H31BrN2O5/c1-18(2)21-15-20(27)10-11-23(21)34-17-24(30)29-13-12-28-26(32)22(29)16-25(31)33-14-6-9-19-7-4-3-5-8-19/h3-5,7-8,10-11,15,18,22H,6,9,12-14,16-17H2,1-2H3,(H,28,32). The molecular weight excluding hydrogens is 500 g/mol. The summed E-state index contributed by atoms with van der Waals surface area (Å²) in [5.74, 6) is -0.347. The summed E-state index contributed by atoms with van der Waals surface area (Å²) in [4.78, 5) is 39.2.